The van der Waals surface area contributed by atoms with E-state index in [2.05, 4.69) is 98.4 Å². The predicted octanol–water partition coefficient (Wildman–Crippen LogP) is 7.96. The normalized spacial score (nSPS) is 12.8. The minimum atomic E-state index is 0.211. The molecule has 0 fully saturated rings. The van der Waals surface area contributed by atoms with Gasteiger partial charge in [0.15, 0.2) is 0 Å². The molecule has 0 heteroatoms. The van der Waals surface area contributed by atoms with Gasteiger partial charge in [-0.15, -0.1) is 0 Å². The van der Waals surface area contributed by atoms with Crippen LogP contribution in [-0.2, 0) is 5.41 Å². The second-order valence-corrected chi connectivity index (χ2v) is 7.98. The van der Waals surface area contributed by atoms with Gasteiger partial charge in [-0.05, 0) is 54.4 Å². The summed E-state index contributed by atoms with van der Waals surface area (Å²) in [7, 11) is 0. The summed E-state index contributed by atoms with van der Waals surface area (Å²) >= 11 is 0. The molecule has 0 aliphatic heterocycles. The first kappa shape index (κ1) is 22.4. The molecule has 0 heterocycles. The van der Waals surface area contributed by atoms with Crippen LogP contribution in [0.4, 0.5) is 0 Å². The molecule has 0 amide bonds. The van der Waals surface area contributed by atoms with Crippen molar-refractivity contribution in [2.24, 2.45) is 5.92 Å². The first-order chi connectivity index (χ1) is 11.0. The van der Waals surface area contributed by atoms with Crippen LogP contribution in [0.15, 0.2) is 54.1 Å². The minimum absolute atomic E-state index is 0.211. The monoisotopic (exact) mass is 326 g/mol. The second kappa shape index (κ2) is 10.3. The lowest BCUT2D eigenvalue weighted by atomic mass is 9.86. The van der Waals surface area contributed by atoms with E-state index in [0.29, 0.717) is 0 Å². The Balaban J connectivity index is 0.000000922. The van der Waals surface area contributed by atoms with E-state index in [0.717, 1.165) is 11.5 Å². The highest BCUT2D eigenvalue weighted by atomic mass is 14.2. The zero-order chi connectivity index (χ0) is 18.9. The largest absolute Gasteiger partial charge is 0.0955 e. The quantitative estimate of drug-likeness (QED) is 0.492. The molecular formula is C24H38. The van der Waals surface area contributed by atoms with Crippen molar-refractivity contribution in [3.05, 3.63) is 65.3 Å². The first-order valence-electron chi connectivity index (χ1n) is 9.14. The third-order valence-corrected chi connectivity index (χ3v) is 4.20. The van der Waals surface area contributed by atoms with Crippen LogP contribution >= 0.6 is 0 Å². The van der Waals surface area contributed by atoms with Crippen molar-refractivity contribution in [1.29, 1.82) is 0 Å². The fourth-order valence-electron chi connectivity index (χ4n) is 2.00. The summed E-state index contributed by atoms with van der Waals surface area (Å²) in [5.74, 6) is 0.884. The Bertz CT molecular complexity index is 557. The third kappa shape index (κ3) is 8.34. The van der Waals surface area contributed by atoms with E-state index in [1.165, 1.54) is 28.7 Å². The summed E-state index contributed by atoms with van der Waals surface area (Å²) in [5.41, 5.74) is 6.44. The van der Waals surface area contributed by atoms with Gasteiger partial charge in [-0.25, -0.2) is 0 Å². The summed E-state index contributed by atoms with van der Waals surface area (Å²) in [4.78, 5) is 0. The van der Waals surface area contributed by atoms with Crippen molar-refractivity contribution in [2.75, 3.05) is 0 Å². The highest BCUT2D eigenvalue weighted by molar-refractivity contribution is 5.68. The van der Waals surface area contributed by atoms with Crippen molar-refractivity contribution in [3.63, 3.8) is 0 Å². The molecule has 24 heavy (non-hydrogen) atoms. The van der Waals surface area contributed by atoms with Crippen LogP contribution in [0, 0.1) is 5.92 Å². The smallest absolute Gasteiger partial charge is 0.0132 e. The molecule has 0 bridgehead atoms. The zero-order valence-electron chi connectivity index (χ0n) is 17.5. The van der Waals surface area contributed by atoms with Gasteiger partial charge in [0.2, 0.25) is 0 Å². The van der Waals surface area contributed by atoms with Gasteiger partial charge in [0.05, 0.1) is 0 Å². The standard InChI is InChI=1S/C19H26.C5H12/c1-8-16(14(2)3)13-15(4)17-9-11-18(12-10-17)19(5,6)7;1-4-5(2)3/h8-13H,2H2,1,3-7H3;5H,4H2,1-3H3/b15-13+,16-8+;. The molecule has 1 aromatic rings. The summed E-state index contributed by atoms with van der Waals surface area (Å²) in [6.45, 7) is 23.6. The van der Waals surface area contributed by atoms with Gasteiger partial charge >= 0.3 is 0 Å². The molecule has 0 nitrogen and oxygen atoms in total. The molecule has 0 aliphatic rings. The van der Waals surface area contributed by atoms with Gasteiger partial charge in [0.1, 0.15) is 0 Å². The average molecular weight is 327 g/mol. The topological polar surface area (TPSA) is 0 Å². The minimum Gasteiger partial charge on any atom is -0.0955 e. The van der Waals surface area contributed by atoms with Crippen LogP contribution in [0.5, 0.6) is 0 Å². The summed E-state index contributed by atoms with van der Waals surface area (Å²) in [6.07, 6.45) is 5.61. The SMILES string of the molecule is C=C(C)C(=C/C)/C=C(\C)c1ccc(C(C)(C)C)cc1.CCC(C)C. The van der Waals surface area contributed by atoms with Gasteiger partial charge in [0.25, 0.3) is 0 Å². The Hall–Kier alpha value is -1.56. The molecule has 0 N–H and O–H groups in total. The van der Waals surface area contributed by atoms with Crippen LogP contribution in [0.3, 0.4) is 0 Å². The van der Waals surface area contributed by atoms with E-state index in [9.17, 15) is 0 Å². The highest BCUT2D eigenvalue weighted by Crippen LogP contribution is 2.25. The van der Waals surface area contributed by atoms with Crippen LogP contribution in [0.1, 0.15) is 79.9 Å². The molecule has 0 saturated carbocycles. The zero-order valence-corrected chi connectivity index (χ0v) is 17.5. The molecule has 0 saturated heterocycles. The highest BCUT2D eigenvalue weighted by Gasteiger charge is 2.12. The summed E-state index contributed by atoms with van der Waals surface area (Å²) < 4.78 is 0. The maximum absolute atomic E-state index is 4.01. The summed E-state index contributed by atoms with van der Waals surface area (Å²) in [6, 6.07) is 8.86. The Labute approximate surface area is 151 Å². The average Bonchev–Trinajstić information content (AvgIpc) is 2.51. The van der Waals surface area contributed by atoms with Crippen LogP contribution < -0.4 is 0 Å². The molecular weight excluding hydrogens is 288 g/mol. The Kier molecular flexibility index (Phi) is 9.66. The van der Waals surface area contributed by atoms with Gasteiger partial charge < -0.3 is 0 Å². The lowest BCUT2D eigenvalue weighted by Gasteiger charge is -2.19. The molecule has 0 radical (unpaired) electrons. The van der Waals surface area contributed by atoms with Crippen molar-refractivity contribution in [3.8, 4) is 0 Å². The molecule has 0 atom stereocenters. The number of allylic oxidation sites excluding steroid dienone is 5. The Morgan fingerprint density at radius 2 is 1.54 bits per heavy atom. The van der Waals surface area contributed by atoms with E-state index in [1.807, 2.05) is 6.92 Å². The molecule has 0 spiro atoms. The summed E-state index contributed by atoms with van der Waals surface area (Å²) in [5, 5.41) is 0. The molecule has 0 aliphatic carbocycles. The van der Waals surface area contributed by atoms with E-state index < -0.39 is 0 Å². The van der Waals surface area contributed by atoms with E-state index in [-0.39, 0.29) is 5.41 Å². The maximum Gasteiger partial charge on any atom is -0.0132 e. The van der Waals surface area contributed by atoms with Gasteiger partial charge in [-0.1, -0.05) is 96.5 Å². The Morgan fingerprint density at radius 3 is 1.83 bits per heavy atom. The number of hydrogen-bond donors (Lipinski definition) is 0. The van der Waals surface area contributed by atoms with E-state index in [4.69, 9.17) is 0 Å². The van der Waals surface area contributed by atoms with Crippen LogP contribution in [0.2, 0.25) is 0 Å². The molecule has 0 unspecified atom stereocenters. The number of hydrogen-bond acceptors (Lipinski definition) is 0. The van der Waals surface area contributed by atoms with Gasteiger partial charge in [-0.3, -0.25) is 0 Å². The number of rotatable bonds is 4. The third-order valence-electron chi connectivity index (χ3n) is 4.20. The lowest BCUT2D eigenvalue weighted by Crippen LogP contribution is -2.10. The predicted molar refractivity (Wildman–Crippen MR) is 112 cm³/mol. The van der Waals surface area contributed by atoms with Crippen molar-refractivity contribution in [2.45, 2.75) is 74.1 Å². The molecule has 0 aromatic heterocycles. The molecule has 134 valence electrons. The van der Waals surface area contributed by atoms with Crippen LogP contribution in [-0.4, -0.2) is 0 Å². The Morgan fingerprint density at radius 1 is 1.08 bits per heavy atom. The molecule has 1 aromatic carbocycles. The van der Waals surface area contributed by atoms with Gasteiger partial charge in [0, 0.05) is 0 Å². The van der Waals surface area contributed by atoms with Crippen molar-refractivity contribution in [1.82, 2.24) is 0 Å². The van der Waals surface area contributed by atoms with Crippen molar-refractivity contribution < 1.29 is 0 Å². The van der Waals surface area contributed by atoms with Gasteiger partial charge in [-0.2, -0.15) is 0 Å². The van der Waals surface area contributed by atoms with Crippen molar-refractivity contribution >= 4 is 5.57 Å². The fraction of sp³-hybridized carbons (Fsp3) is 0.500. The number of benzene rings is 1. The van der Waals surface area contributed by atoms with E-state index >= 15 is 0 Å². The van der Waals surface area contributed by atoms with Crippen LogP contribution in [0.25, 0.3) is 5.57 Å². The molecule has 1 rings (SSSR count). The second-order valence-electron chi connectivity index (χ2n) is 7.98. The first-order valence-corrected chi connectivity index (χ1v) is 9.14. The lowest BCUT2D eigenvalue weighted by molar-refractivity contribution is 0.590. The fourth-order valence-corrected chi connectivity index (χ4v) is 2.00. The van der Waals surface area contributed by atoms with E-state index in [1.54, 1.807) is 0 Å². The maximum atomic E-state index is 4.01.